The molecule has 1 aliphatic heterocycles. The second-order valence-electron chi connectivity index (χ2n) is 5.46. The zero-order valence-corrected chi connectivity index (χ0v) is 15.3. The summed E-state index contributed by atoms with van der Waals surface area (Å²) in [5.41, 5.74) is 1.33. The summed E-state index contributed by atoms with van der Waals surface area (Å²) in [6.07, 6.45) is 5.98. The second-order valence-corrected chi connectivity index (χ2v) is 8.09. The zero-order chi connectivity index (χ0) is 13.5. The van der Waals surface area contributed by atoms with Gasteiger partial charge in [0.15, 0.2) is 0 Å². The first-order valence-corrected chi connectivity index (χ1v) is 9.01. The highest BCUT2D eigenvalue weighted by molar-refractivity contribution is 9.11. The van der Waals surface area contributed by atoms with E-state index in [2.05, 4.69) is 65.2 Å². The van der Waals surface area contributed by atoms with Crippen LogP contribution in [0.4, 0.5) is 5.69 Å². The summed E-state index contributed by atoms with van der Waals surface area (Å²) < 4.78 is 9.22. The maximum Gasteiger partial charge on any atom is 0.0702 e. The molecule has 0 aromatic heterocycles. The molecule has 2 aliphatic rings. The van der Waals surface area contributed by atoms with E-state index in [-0.39, 0.29) is 5.60 Å². The molecule has 0 radical (unpaired) electrons. The van der Waals surface area contributed by atoms with E-state index in [0.29, 0.717) is 6.04 Å². The van der Waals surface area contributed by atoms with Crippen LogP contribution >= 0.6 is 47.8 Å². The largest absolute Gasteiger partial charge is 0.380 e. The van der Waals surface area contributed by atoms with Crippen molar-refractivity contribution in [3.05, 3.63) is 25.6 Å². The fourth-order valence-corrected chi connectivity index (χ4v) is 5.44. The molecule has 1 spiro atoms. The molecule has 1 atom stereocenters. The van der Waals surface area contributed by atoms with Crippen molar-refractivity contribution >= 4 is 53.5 Å². The van der Waals surface area contributed by atoms with Crippen molar-refractivity contribution in [2.45, 2.75) is 43.7 Å². The topological polar surface area (TPSA) is 21.3 Å². The Bertz CT molecular complexity index is 465. The van der Waals surface area contributed by atoms with Crippen LogP contribution < -0.4 is 5.32 Å². The van der Waals surface area contributed by atoms with Crippen LogP contribution in [0.3, 0.4) is 0 Å². The van der Waals surface area contributed by atoms with Crippen LogP contribution in [0.15, 0.2) is 25.6 Å². The lowest BCUT2D eigenvalue weighted by Crippen LogP contribution is -2.49. The third kappa shape index (κ3) is 3.04. The molecule has 1 unspecified atom stereocenters. The Balaban J connectivity index is 1.74. The third-order valence-corrected chi connectivity index (χ3v) is 5.82. The molecular weight excluding hydrogens is 438 g/mol. The van der Waals surface area contributed by atoms with E-state index in [1.54, 1.807) is 0 Å². The zero-order valence-electron chi connectivity index (χ0n) is 10.5. The monoisotopic (exact) mass is 451 g/mol. The molecule has 1 saturated heterocycles. The van der Waals surface area contributed by atoms with E-state index < -0.39 is 0 Å². The number of hydrogen-bond donors (Lipinski definition) is 1. The van der Waals surface area contributed by atoms with Gasteiger partial charge in [0.25, 0.3) is 0 Å². The van der Waals surface area contributed by atoms with Gasteiger partial charge in [0.2, 0.25) is 0 Å². The number of benzene rings is 1. The van der Waals surface area contributed by atoms with Crippen molar-refractivity contribution in [1.82, 2.24) is 0 Å². The molecule has 1 heterocycles. The molecule has 1 N–H and O–H groups in total. The van der Waals surface area contributed by atoms with Gasteiger partial charge in [-0.25, -0.2) is 0 Å². The number of anilines is 1. The minimum absolute atomic E-state index is 0.185. The minimum Gasteiger partial charge on any atom is -0.380 e. The summed E-state index contributed by atoms with van der Waals surface area (Å²) in [5.74, 6) is 0. The number of nitrogens with one attached hydrogen (secondary N) is 1. The second kappa shape index (κ2) is 5.66. The summed E-state index contributed by atoms with van der Waals surface area (Å²) >= 11 is 10.8. The first kappa shape index (κ1) is 14.4. The van der Waals surface area contributed by atoms with Crippen LogP contribution in [0.1, 0.15) is 32.1 Å². The molecule has 2 nitrogen and oxygen atoms in total. The van der Waals surface area contributed by atoms with Gasteiger partial charge in [-0.3, -0.25) is 0 Å². The fourth-order valence-electron chi connectivity index (χ4n) is 2.95. The summed E-state index contributed by atoms with van der Waals surface area (Å²) in [6.45, 7) is 0.878. The van der Waals surface area contributed by atoms with E-state index in [1.165, 1.54) is 19.3 Å². The number of rotatable bonds is 2. The minimum atomic E-state index is 0.185. The van der Waals surface area contributed by atoms with Crippen molar-refractivity contribution in [1.29, 1.82) is 0 Å². The van der Waals surface area contributed by atoms with Crippen molar-refractivity contribution in [2.24, 2.45) is 0 Å². The molecule has 19 heavy (non-hydrogen) atoms. The van der Waals surface area contributed by atoms with Crippen LogP contribution in [0.2, 0.25) is 0 Å². The quantitative estimate of drug-likeness (QED) is 0.639. The Morgan fingerprint density at radius 1 is 1.16 bits per heavy atom. The standard InChI is InChI=1S/C14H16Br3NO/c15-9-6-11(16)13(12(17)7-9)18-10-2-5-19-14(8-10)3-1-4-14/h6-7,10,18H,1-5,8H2. The van der Waals surface area contributed by atoms with Crippen molar-refractivity contribution in [2.75, 3.05) is 11.9 Å². The Morgan fingerprint density at radius 3 is 2.42 bits per heavy atom. The number of ether oxygens (including phenoxy) is 1. The van der Waals surface area contributed by atoms with Crippen molar-refractivity contribution < 1.29 is 4.74 Å². The van der Waals surface area contributed by atoms with Gasteiger partial charge in [0.05, 0.1) is 11.3 Å². The highest BCUT2D eigenvalue weighted by Gasteiger charge is 2.42. The maximum atomic E-state index is 5.98. The first-order chi connectivity index (χ1) is 9.08. The molecule has 1 aromatic rings. The predicted molar refractivity (Wildman–Crippen MR) is 88.7 cm³/mol. The normalized spacial score (nSPS) is 25.1. The average molecular weight is 454 g/mol. The van der Waals surface area contributed by atoms with Gasteiger partial charge < -0.3 is 10.1 Å². The van der Waals surface area contributed by atoms with E-state index >= 15 is 0 Å². The fraction of sp³-hybridized carbons (Fsp3) is 0.571. The van der Waals surface area contributed by atoms with Gasteiger partial charge in [-0.05, 0) is 76.1 Å². The van der Waals surface area contributed by atoms with Crippen LogP contribution in [-0.4, -0.2) is 18.2 Å². The van der Waals surface area contributed by atoms with Crippen molar-refractivity contribution in [3.8, 4) is 0 Å². The average Bonchev–Trinajstić information content (AvgIpc) is 2.32. The van der Waals surface area contributed by atoms with Gasteiger partial charge in [-0.2, -0.15) is 0 Å². The number of hydrogen-bond acceptors (Lipinski definition) is 2. The number of halogens is 3. The highest BCUT2D eigenvalue weighted by Crippen LogP contribution is 2.44. The Morgan fingerprint density at radius 2 is 1.84 bits per heavy atom. The lowest BCUT2D eigenvalue weighted by molar-refractivity contribution is -0.130. The van der Waals surface area contributed by atoms with Gasteiger partial charge in [0, 0.05) is 26.1 Å². The summed E-state index contributed by atoms with van der Waals surface area (Å²) in [5, 5.41) is 3.67. The van der Waals surface area contributed by atoms with Crippen LogP contribution in [0, 0.1) is 0 Å². The predicted octanol–water partition coefficient (Wildman–Crippen LogP) is 5.49. The molecule has 1 saturated carbocycles. The molecular formula is C14H16Br3NO. The summed E-state index contributed by atoms with van der Waals surface area (Å²) in [6, 6.07) is 4.65. The molecule has 5 heteroatoms. The molecule has 104 valence electrons. The summed E-state index contributed by atoms with van der Waals surface area (Å²) in [7, 11) is 0. The van der Waals surface area contributed by atoms with E-state index in [9.17, 15) is 0 Å². The van der Waals surface area contributed by atoms with Gasteiger partial charge in [-0.15, -0.1) is 0 Å². The Kier molecular flexibility index (Phi) is 4.28. The van der Waals surface area contributed by atoms with E-state index in [0.717, 1.165) is 38.6 Å². The lowest BCUT2D eigenvalue weighted by atomic mass is 9.74. The van der Waals surface area contributed by atoms with E-state index in [4.69, 9.17) is 4.74 Å². The van der Waals surface area contributed by atoms with Gasteiger partial charge >= 0.3 is 0 Å². The highest BCUT2D eigenvalue weighted by atomic mass is 79.9. The van der Waals surface area contributed by atoms with Crippen LogP contribution in [-0.2, 0) is 4.74 Å². The van der Waals surface area contributed by atoms with Gasteiger partial charge in [0.1, 0.15) is 0 Å². The maximum absolute atomic E-state index is 5.98. The third-order valence-electron chi connectivity index (χ3n) is 4.11. The van der Waals surface area contributed by atoms with Gasteiger partial charge in [-0.1, -0.05) is 15.9 Å². The van der Waals surface area contributed by atoms with Crippen molar-refractivity contribution in [3.63, 3.8) is 0 Å². The van der Waals surface area contributed by atoms with Crippen LogP contribution in [0.5, 0.6) is 0 Å². The summed E-state index contributed by atoms with van der Waals surface area (Å²) in [4.78, 5) is 0. The molecule has 3 rings (SSSR count). The molecule has 0 amide bonds. The Hall–Kier alpha value is 0.420. The molecule has 1 aromatic carbocycles. The molecule has 2 fully saturated rings. The smallest absolute Gasteiger partial charge is 0.0702 e. The lowest BCUT2D eigenvalue weighted by Gasteiger charge is -2.47. The Labute approximate surface area is 139 Å². The van der Waals surface area contributed by atoms with Crippen LogP contribution in [0.25, 0.3) is 0 Å². The van der Waals surface area contributed by atoms with E-state index in [1.807, 2.05) is 0 Å². The molecule has 0 bridgehead atoms. The molecule has 1 aliphatic carbocycles. The first-order valence-electron chi connectivity index (χ1n) is 6.63. The SMILES string of the molecule is Brc1cc(Br)c(NC2CCOC3(CCC3)C2)c(Br)c1.